The van der Waals surface area contributed by atoms with Crippen LogP contribution in [-0.4, -0.2) is 219 Å². The molecule has 3 aliphatic heterocycles. The number of benzene rings is 2. The van der Waals surface area contributed by atoms with Crippen molar-refractivity contribution in [1.82, 2.24) is 67.9 Å². The molecule has 6 saturated carbocycles. The van der Waals surface area contributed by atoms with Crippen LogP contribution in [0.4, 0.5) is 18.8 Å². The topological polar surface area (TPSA) is 489 Å². The molecule has 9 fully saturated rings. The molecule has 0 spiro atoms. The first-order chi connectivity index (χ1) is 63.2. The lowest BCUT2D eigenvalue weighted by molar-refractivity contribution is -0.145. The normalized spacial score (nSPS) is 23.8. The third-order valence-electron chi connectivity index (χ3n) is 29.5. The molecule has 14 N–H and O–H groups in total. The average molecular weight is 1890 g/mol. The molecule has 2 aromatic rings. The fraction of sp³-hybridized carbons (Fsp3) is 0.667. The van der Waals surface area contributed by atoms with Gasteiger partial charge in [-0.3, -0.25) is 71.9 Å². The van der Waals surface area contributed by atoms with Crippen LogP contribution in [0, 0.1) is 122 Å². The molecule has 9 aliphatic rings. The van der Waals surface area contributed by atoms with Crippen LogP contribution in [0.2, 0.25) is 0 Å². The van der Waals surface area contributed by atoms with Crippen molar-refractivity contribution in [2.45, 2.75) is 301 Å². The maximum atomic E-state index is 14.3. The van der Waals surface area contributed by atoms with E-state index in [2.05, 4.69) is 79.5 Å². The van der Waals surface area contributed by atoms with Gasteiger partial charge in [0.05, 0.1) is 36.3 Å². The summed E-state index contributed by atoms with van der Waals surface area (Å²) in [5, 5.41) is 27.4. The highest BCUT2D eigenvalue weighted by molar-refractivity contribution is 6.39. The van der Waals surface area contributed by atoms with Crippen LogP contribution in [0.25, 0.3) is 0 Å². The van der Waals surface area contributed by atoms with Crippen LogP contribution >= 0.6 is 0 Å². The molecule has 3 heterocycles. The van der Waals surface area contributed by atoms with Crippen molar-refractivity contribution < 1.29 is 90.7 Å². The first kappa shape index (κ1) is 108. The number of piperidine rings is 3. The van der Waals surface area contributed by atoms with Gasteiger partial charge in [0.25, 0.3) is 17.7 Å². The van der Waals surface area contributed by atoms with E-state index in [4.69, 9.17) is 17.9 Å². The van der Waals surface area contributed by atoms with Crippen molar-refractivity contribution in [2.75, 3.05) is 26.2 Å². The number of primary amides is 2. The Hall–Kier alpha value is -11.3. The third-order valence-corrected chi connectivity index (χ3v) is 29.5. The molecule has 34 heteroatoms. The van der Waals surface area contributed by atoms with Gasteiger partial charge >= 0.3 is 18.1 Å². The second-order valence-electron chi connectivity index (χ2n) is 45.0. The average Bonchev–Trinajstić information content (AvgIpc) is 1.53. The summed E-state index contributed by atoms with van der Waals surface area (Å²) >= 11 is 0. The van der Waals surface area contributed by atoms with E-state index >= 15 is 0 Å². The Balaban J connectivity index is 0.000000229. The Labute approximate surface area is 799 Å². The summed E-state index contributed by atoms with van der Waals surface area (Å²) in [4.78, 5) is 243. The number of ketones is 6. The van der Waals surface area contributed by atoms with Gasteiger partial charge in [-0.15, -0.1) is 18.9 Å². The first-order valence-corrected chi connectivity index (χ1v) is 48.3. The Morgan fingerprint density at radius 3 is 1.10 bits per heavy atom. The van der Waals surface area contributed by atoms with Crippen LogP contribution in [0.15, 0.2) is 67.3 Å². The molecule has 6 aliphatic carbocycles. The number of Topliss-reactive ketones (excluding diaryl/α,β-unsaturated/α-hetero) is 6. The number of fused-ring (bicyclic) bond motifs is 3. The van der Waals surface area contributed by atoms with Crippen LogP contribution in [0.1, 0.15) is 250 Å². The molecule has 3 unspecified atom stereocenters. The number of hydrogen-bond acceptors (Lipinski definition) is 18. The monoisotopic (exact) mass is 1890 g/mol. The molecule has 15 amide bonds. The molecule has 136 heavy (non-hydrogen) atoms. The van der Waals surface area contributed by atoms with Crippen LogP contribution < -0.4 is 64.6 Å². The van der Waals surface area contributed by atoms with E-state index in [-0.39, 0.29) is 130 Å². The number of amides is 15. The SMILES string of the molecule is C#CCCC(NC(=O)[C@@H]1[C@@H]2[C@H](CN1C(=O)[C@@H](NC(=O)N[C@H](C(=O)c1ccccc1)C(C)C)C(C)(C)C)C2(C)C)C(=O)C(=O)NCC=C.CC(C)[C@H](NC(=O)N[C@H](C(=O)N1C[C@H]2[C@@H]([C@H]1C(=O)NC(CC1CC1)C(=O)C(N)=O)C2(C)C)C(C)(C)C)C(=O)C1CCCCC1.CC(C)[C@H](NC(=O)N[C@H](C(=O)N1C[C@H]2[C@@H]([C@H]1C(=O)NC(CC1CC1)C(=O)C(N)=O)C2(C)C)C(C)(C)C)C(=O)c1ccc(F)cc1. The number of likely N-dealkylation sites (tertiary alicyclic amines) is 3. The molecular formula is C102H148FN15O18. The van der Waals surface area contributed by atoms with Crippen molar-refractivity contribution in [3.63, 3.8) is 0 Å². The maximum Gasteiger partial charge on any atom is 0.316 e. The summed E-state index contributed by atoms with van der Waals surface area (Å²) in [6, 6.07) is 0.179. The van der Waals surface area contributed by atoms with Crippen LogP contribution in [0.5, 0.6) is 0 Å². The lowest BCUT2D eigenvalue weighted by atomic mass is 9.81. The minimum Gasteiger partial charge on any atom is -0.363 e. The smallest absolute Gasteiger partial charge is 0.316 e. The highest BCUT2D eigenvalue weighted by Crippen LogP contribution is 2.67. The summed E-state index contributed by atoms with van der Waals surface area (Å²) in [5.74, 6) is -7.74. The summed E-state index contributed by atoms with van der Waals surface area (Å²) in [7, 11) is 0. The fourth-order valence-electron chi connectivity index (χ4n) is 20.5. The van der Waals surface area contributed by atoms with Crippen molar-refractivity contribution >= 4 is 106 Å². The second kappa shape index (κ2) is 43.6. The predicted molar refractivity (Wildman–Crippen MR) is 508 cm³/mol. The molecule has 0 radical (unpaired) electrons. The number of urea groups is 3. The van der Waals surface area contributed by atoms with Gasteiger partial charge in [-0.25, -0.2) is 18.8 Å². The largest absolute Gasteiger partial charge is 0.363 e. The summed E-state index contributed by atoms with van der Waals surface area (Å²) in [6.07, 6.45) is 16.2. The summed E-state index contributed by atoms with van der Waals surface area (Å²) < 4.78 is 13.4. The zero-order valence-corrected chi connectivity index (χ0v) is 83.2. The Morgan fingerprint density at radius 2 is 0.787 bits per heavy atom. The summed E-state index contributed by atoms with van der Waals surface area (Å²) in [6.45, 7) is 44.0. The highest BCUT2D eigenvalue weighted by atomic mass is 19.1. The molecule has 33 nitrogen and oxygen atoms in total. The zero-order chi connectivity index (χ0) is 102. The van der Waals surface area contributed by atoms with Gasteiger partial charge in [0.15, 0.2) is 17.3 Å². The van der Waals surface area contributed by atoms with Crippen LogP contribution in [0.3, 0.4) is 0 Å². The van der Waals surface area contributed by atoms with E-state index in [0.717, 1.165) is 57.8 Å². The molecule has 0 aromatic heterocycles. The van der Waals surface area contributed by atoms with E-state index < -0.39 is 189 Å². The van der Waals surface area contributed by atoms with Crippen LogP contribution in [-0.2, 0) is 62.3 Å². The van der Waals surface area contributed by atoms with Crippen molar-refractivity contribution in [3.8, 4) is 12.3 Å². The number of nitrogens with one attached hydrogen (secondary N) is 10. The number of nitrogens with zero attached hydrogens (tertiary/aromatic N) is 3. The van der Waals surface area contributed by atoms with Gasteiger partial charge in [-0.05, 0) is 154 Å². The molecule has 3 saturated heterocycles. The van der Waals surface area contributed by atoms with E-state index in [0.29, 0.717) is 31.5 Å². The van der Waals surface area contributed by atoms with E-state index in [1.807, 2.05) is 76.2 Å². The van der Waals surface area contributed by atoms with Gasteiger partial charge in [-0.1, -0.05) is 227 Å². The van der Waals surface area contributed by atoms with E-state index in [1.165, 1.54) is 45.0 Å². The summed E-state index contributed by atoms with van der Waals surface area (Å²) in [5.41, 5.74) is 8.36. The highest BCUT2D eigenvalue weighted by Gasteiger charge is 2.73. The van der Waals surface area contributed by atoms with E-state index in [1.54, 1.807) is 85.7 Å². The first-order valence-electron chi connectivity index (χ1n) is 48.3. The number of halogens is 1. The Morgan fingerprint density at radius 1 is 0.456 bits per heavy atom. The van der Waals surface area contributed by atoms with Crippen molar-refractivity contribution in [1.29, 1.82) is 0 Å². The van der Waals surface area contributed by atoms with Crippen molar-refractivity contribution in [3.05, 3.63) is 84.2 Å². The maximum absolute atomic E-state index is 14.3. The lowest BCUT2D eigenvalue weighted by Gasteiger charge is -2.38. The quantitative estimate of drug-likeness (QED) is 0.0131. The number of nitrogens with two attached hydrogens (primary N) is 2. The van der Waals surface area contributed by atoms with Gasteiger partial charge in [0, 0.05) is 49.6 Å². The minimum atomic E-state index is -1.18. The molecule has 2 aromatic carbocycles. The van der Waals surface area contributed by atoms with Gasteiger partial charge in [0.1, 0.15) is 42.1 Å². The third kappa shape index (κ3) is 26.0. The Kier molecular flexibility index (Phi) is 34.8. The number of carbonyl (C=O) groups excluding carboxylic acids is 18. The minimum absolute atomic E-state index is 0.0289. The van der Waals surface area contributed by atoms with E-state index in [9.17, 15) is 90.7 Å². The van der Waals surface area contributed by atoms with Gasteiger partial charge in [-0.2, -0.15) is 0 Å². The van der Waals surface area contributed by atoms with Gasteiger partial charge < -0.3 is 79.3 Å². The molecule has 18 atom stereocenters. The number of carbonyl (C=O) groups is 18. The lowest BCUT2D eigenvalue weighted by Crippen LogP contribution is -2.62. The Bertz CT molecular complexity index is 4910. The van der Waals surface area contributed by atoms with Crippen molar-refractivity contribution in [2.24, 2.45) is 115 Å². The fourth-order valence-corrected chi connectivity index (χ4v) is 20.5. The number of terminal acetylenes is 1. The standard InChI is InChI=1S/C36H49N5O6.C33H46FN5O6.C33H53N5O6/c1-10-12-18-24(29(43)32(45)37-19-11-2)38-31(44)27-25-23(36(25,8)9)20-41(27)33(46)30(35(5,6)7)40-34(47)39-26(21(3)4)28(42)22-16-14-13-15-17-22;1-16(2)23(25(40)18-10-12-19(34)13-11-18)37-31(45)38-27(32(3,4)5)30(44)39-15-20-22(33(20,6)7)24(39)29(43)36-21(14-17-8-9-17)26(41)28(35)42;1-17(2)23(25(39)19-11-9-8-10-12-19)36-31(44)37-27(32(3,4)5)30(43)38-16-20-22(33(20,6)7)24(38)29(42)35-21(15-18-13-14-18)26(40)28(34)41/h1,11,13-17,21,23-27,30H,2,12,18-20H2,3-9H3,(H,37,45)(H,38,44)(H2,39,40,47);10-13,16-17,20-24,27H,8-9,14-15H2,1-7H3,(H2,35,42)(H,36,43)(H2,37,38,45);17-24,27H,8-16H2,1-7H3,(H2,34,41)(H,35,42)(H2,36,37,44)/t23-,24?,25-,26-,27-,30+;2*20-,21?,22-,23-,24-,27+/m000/s1. The van der Waals surface area contributed by atoms with Gasteiger partial charge in [0.2, 0.25) is 52.8 Å². The molecule has 746 valence electrons. The molecule has 0 bridgehead atoms. The molecular weight excluding hydrogens is 1740 g/mol. The molecule has 11 rings (SSSR count). The predicted octanol–water partition coefficient (Wildman–Crippen LogP) is 8.13. The zero-order valence-electron chi connectivity index (χ0n) is 83.2. The second-order valence-corrected chi connectivity index (χ2v) is 45.0. The number of hydrogen-bond donors (Lipinski definition) is 12. The number of rotatable bonds is 38.